The number of aromatic nitrogens is 2. The fraction of sp³-hybridized carbons (Fsp3) is 0.179. The molecule has 3 aromatic carbocycles. The second-order valence-electron chi connectivity index (χ2n) is 8.39. The van der Waals surface area contributed by atoms with Gasteiger partial charge >= 0.3 is 6.03 Å². The molecule has 0 bridgehead atoms. The maximum absolute atomic E-state index is 13.4. The zero-order valence-electron chi connectivity index (χ0n) is 19.9. The fourth-order valence-electron chi connectivity index (χ4n) is 4.24. The van der Waals surface area contributed by atoms with E-state index in [0.29, 0.717) is 35.8 Å². The van der Waals surface area contributed by atoms with Crippen molar-refractivity contribution in [1.29, 1.82) is 0 Å². The first-order chi connectivity index (χ1) is 17.5. The summed E-state index contributed by atoms with van der Waals surface area (Å²) in [6.45, 7) is 4.75. The van der Waals surface area contributed by atoms with Crippen LogP contribution >= 0.6 is 0 Å². The van der Waals surface area contributed by atoms with Crippen LogP contribution < -0.4 is 10.1 Å². The lowest BCUT2D eigenvalue weighted by atomic mass is 9.94. The summed E-state index contributed by atoms with van der Waals surface area (Å²) in [5.41, 5.74) is 3.86. The number of hydrogen-bond acceptors (Lipinski definition) is 5. The molecule has 2 amide bonds. The number of benzene rings is 3. The third kappa shape index (κ3) is 4.70. The average molecular weight is 485 g/mol. The van der Waals surface area contributed by atoms with E-state index in [1.54, 1.807) is 17.0 Å². The molecule has 4 aromatic rings. The van der Waals surface area contributed by atoms with E-state index in [2.05, 4.69) is 15.5 Å². The van der Waals surface area contributed by atoms with Crippen molar-refractivity contribution in [2.75, 3.05) is 6.61 Å². The number of halogens is 1. The van der Waals surface area contributed by atoms with E-state index in [0.717, 1.165) is 16.9 Å². The van der Waals surface area contributed by atoms with Crippen LogP contribution in [0.3, 0.4) is 0 Å². The minimum Gasteiger partial charge on any atom is -0.494 e. The molecule has 0 saturated heterocycles. The molecule has 0 radical (unpaired) electrons. The SMILES string of the molecule is CCOc1ccc(C2NC(=O)N(Cc3ccccc3)C(C)=C2c2nc(-c3ccc(F)cc3)no2)cc1. The molecule has 1 unspecified atom stereocenters. The number of carbonyl (C=O) groups is 1. The van der Waals surface area contributed by atoms with Crippen LogP contribution in [0.5, 0.6) is 5.75 Å². The Labute approximate surface area is 208 Å². The molecular weight excluding hydrogens is 459 g/mol. The Hall–Kier alpha value is -4.46. The molecule has 0 spiro atoms. The molecule has 1 aromatic heterocycles. The van der Waals surface area contributed by atoms with Crippen LogP contribution in [0.1, 0.15) is 36.9 Å². The van der Waals surface area contributed by atoms with E-state index in [-0.39, 0.29) is 17.7 Å². The van der Waals surface area contributed by atoms with Crippen LogP contribution in [0, 0.1) is 5.82 Å². The van der Waals surface area contributed by atoms with Gasteiger partial charge in [-0.25, -0.2) is 9.18 Å². The van der Waals surface area contributed by atoms with Gasteiger partial charge in [0.25, 0.3) is 5.89 Å². The van der Waals surface area contributed by atoms with Crippen LogP contribution in [0.25, 0.3) is 17.0 Å². The van der Waals surface area contributed by atoms with Gasteiger partial charge in [0.1, 0.15) is 11.6 Å². The molecule has 8 heteroatoms. The summed E-state index contributed by atoms with van der Waals surface area (Å²) in [6.07, 6.45) is 0. The molecule has 1 atom stereocenters. The number of nitrogens with one attached hydrogen (secondary N) is 1. The van der Waals surface area contributed by atoms with Crippen LogP contribution in [-0.2, 0) is 6.54 Å². The molecule has 36 heavy (non-hydrogen) atoms. The van der Waals surface area contributed by atoms with E-state index in [4.69, 9.17) is 9.26 Å². The van der Waals surface area contributed by atoms with Gasteiger partial charge in [-0.3, -0.25) is 4.90 Å². The average Bonchev–Trinajstić information content (AvgIpc) is 3.38. The highest BCUT2D eigenvalue weighted by atomic mass is 19.1. The first-order valence-electron chi connectivity index (χ1n) is 11.7. The summed E-state index contributed by atoms with van der Waals surface area (Å²) in [5, 5.41) is 7.23. The summed E-state index contributed by atoms with van der Waals surface area (Å²) in [7, 11) is 0. The highest BCUT2D eigenvalue weighted by molar-refractivity contribution is 5.86. The molecular formula is C28H25FN4O3. The van der Waals surface area contributed by atoms with Crippen molar-refractivity contribution in [3.05, 3.63) is 107 Å². The number of allylic oxidation sites excluding steroid dienone is 1. The van der Waals surface area contributed by atoms with Crippen molar-refractivity contribution in [3.8, 4) is 17.1 Å². The van der Waals surface area contributed by atoms with Gasteiger partial charge in [-0.1, -0.05) is 47.6 Å². The number of urea groups is 1. The molecule has 182 valence electrons. The quantitative estimate of drug-likeness (QED) is 0.349. The largest absolute Gasteiger partial charge is 0.494 e. The summed E-state index contributed by atoms with van der Waals surface area (Å²) >= 11 is 0. The van der Waals surface area contributed by atoms with Gasteiger partial charge in [-0.05, 0) is 61.4 Å². The summed E-state index contributed by atoms with van der Waals surface area (Å²) in [6, 6.07) is 22.5. The third-order valence-electron chi connectivity index (χ3n) is 6.06. The van der Waals surface area contributed by atoms with Gasteiger partial charge < -0.3 is 14.6 Å². The van der Waals surface area contributed by atoms with Gasteiger partial charge in [-0.15, -0.1) is 0 Å². The molecule has 0 saturated carbocycles. The van der Waals surface area contributed by atoms with Crippen molar-refractivity contribution < 1.29 is 18.4 Å². The third-order valence-corrected chi connectivity index (χ3v) is 6.06. The van der Waals surface area contributed by atoms with Gasteiger partial charge in [0.2, 0.25) is 5.82 Å². The lowest BCUT2D eigenvalue weighted by Gasteiger charge is -2.35. The second-order valence-corrected chi connectivity index (χ2v) is 8.39. The fourth-order valence-corrected chi connectivity index (χ4v) is 4.24. The predicted molar refractivity (Wildman–Crippen MR) is 133 cm³/mol. The summed E-state index contributed by atoms with van der Waals surface area (Å²) in [5.74, 6) is 1.02. The number of ether oxygens (including phenoxy) is 1. The number of amides is 2. The number of hydrogen-bond donors (Lipinski definition) is 1. The topological polar surface area (TPSA) is 80.5 Å². The molecule has 5 rings (SSSR count). The molecule has 0 aliphatic carbocycles. The standard InChI is InChI=1S/C28H25FN4O3/c1-3-35-23-15-11-20(12-16-23)25-24(27-31-26(32-36-27)21-9-13-22(29)14-10-21)18(2)33(28(34)30-25)17-19-7-5-4-6-8-19/h4-16,25H,3,17H2,1-2H3,(H,30,34). The van der Waals surface area contributed by atoms with Crippen LogP contribution in [0.4, 0.5) is 9.18 Å². The zero-order valence-corrected chi connectivity index (χ0v) is 19.9. The Morgan fingerprint density at radius 1 is 1.03 bits per heavy atom. The smallest absolute Gasteiger partial charge is 0.322 e. The monoisotopic (exact) mass is 484 g/mol. The molecule has 1 N–H and O–H groups in total. The Bertz CT molecular complexity index is 1380. The van der Waals surface area contributed by atoms with E-state index in [1.807, 2.05) is 68.4 Å². The van der Waals surface area contributed by atoms with Gasteiger partial charge in [0, 0.05) is 11.3 Å². The number of nitrogens with zero attached hydrogens (tertiary/aromatic N) is 3. The first-order valence-corrected chi connectivity index (χ1v) is 11.7. The van der Waals surface area contributed by atoms with Crippen molar-refractivity contribution in [1.82, 2.24) is 20.4 Å². The lowest BCUT2D eigenvalue weighted by Crippen LogP contribution is -2.45. The normalized spacial score (nSPS) is 15.7. The Morgan fingerprint density at radius 2 is 1.75 bits per heavy atom. The molecule has 1 aliphatic heterocycles. The molecule has 2 heterocycles. The zero-order chi connectivity index (χ0) is 25.1. The molecule has 0 fully saturated rings. The van der Waals surface area contributed by atoms with E-state index in [9.17, 15) is 9.18 Å². The van der Waals surface area contributed by atoms with Gasteiger partial charge in [-0.2, -0.15) is 4.98 Å². The predicted octanol–water partition coefficient (Wildman–Crippen LogP) is 5.97. The van der Waals surface area contributed by atoms with Crippen molar-refractivity contribution in [2.24, 2.45) is 0 Å². The Balaban J connectivity index is 1.57. The number of carbonyl (C=O) groups excluding carboxylic acids is 1. The highest BCUT2D eigenvalue weighted by Crippen LogP contribution is 2.38. The summed E-state index contributed by atoms with van der Waals surface area (Å²) < 4.78 is 24.7. The van der Waals surface area contributed by atoms with Crippen molar-refractivity contribution in [2.45, 2.75) is 26.4 Å². The van der Waals surface area contributed by atoms with Gasteiger partial charge in [0.05, 0.1) is 24.8 Å². The minimum atomic E-state index is -0.512. The lowest BCUT2D eigenvalue weighted by molar-refractivity contribution is 0.203. The van der Waals surface area contributed by atoms with Gasteiger partial charge in [0.15, 0.2) is 0 Å². The number of rotatable bonds is 7. The first kappa shape index (κ1) is 23.3. The molecule has 1 aliphatic rings. The Kier molecular flexibility index (Phi) is 6.49. The molecule has 7 nitrogen and oxygen atoms in total. The van der Waals surface area contributed by atoms with E-state index in [1.165, 1.54) is 12.1 Å². The van der Waals surface area contributed by atoms with E-state index >= 15 is 0 Å². The van der Waals surface area contributed by atoms with Crippen LogP contribution in [-0.4, -0.2) is 27.7 Å². The minimum absolute atomic E-state index is 0.225. The van der Waals surface area contributed by atoms with Crippen molar-refractivity contribution >= 4 is 11.6 Å². The Morgan fingerprint density at radius 3 is 2.44 bits per heavy atom. The second kappa shape index (κ2) is 10.0. The maximum atomic E-state index is 13.4. The summed E-state index contributed by atoms with van der Waals surface area (Å²) in [4.78, 5) is 19.5. The van der Waals surface area contributed by atoms with Crippen LogP contribution in [0.15, 0.2) is 89.1 Å². The maximum Gasteiger partial charge on any atom is 0.322 e. The highest BCUT2D eigenvalue weighted by Gasteiger charge is 2.35. The van der Waals surface area contributed by atoms with Crippen molar-refractivity contribution in [3.63, 3.8) is 0 Å². The van der Waals surface area contributed by atoms with E-state index < -0.39 is 6.04 Å². The van der Waals surface area contributed by atoms with Crippen LogP contribution in [0.2, 0.25) is 0 Å².